The zero-order valence-corrected chi connectivity index (χ0v) is 13.3. The molecule has 1 amide bonds. The number of nitrogens with one attached hydrogen (secondary N) is 2. The highest BCUT2D eigenvalue weighted by atomic mass is 16.5. The lowest BCUT2D eigenvalue weighted by Gasteiger charge is -2.36. The van der Waals surface area contributed by atoms with Gasteiger partial charge in [-0.05, 0) is 18.1 Å². The second-order valence-corrected chi connectivity index (χ2v) is 5.95. The Kier molecular flexibility index (Phi) is 2.82. The molecule has 3 heterocycles. The van der Waals surface area contributed by atoms with Gasteiger partial charge in [0.05, 0.1) is 11.6 Å². The van der Waals surface area contributed by atoms with Crippen molar-refractivity contribution in [2.75, 3.05) is 11.9 Å². The van der Waals surface area contributed by atoms with Crippen LogP contribution in [0.3, 0.4) is 0 Å². The molecule has 1 aromatic carbocycles. The summed E-state index contributed by atoms with van der Waals surface area (Å²) in [6.45, 7) is 1.94. The van der Waals surface area contributed by atoms with Gasteiger partial charge in [-0.3, -0.25) is 15.3 Å². The molecule has 120 valence electrons. The minimum absolute atomic E-state index is 0.210. The van der Waals surface area contributed by atoms with Crippen molar-refractivity contribution in [2.24, 2.45) is 5.92 Å². The molecular formula is C17H15N5O2. The van der Waals surface area contributed by atoms with Gasteiger partial charge in [-0.25, -0.2) is 0 Å². The van der Waals surface area contributed by atoms with E-state index in [1.165, 1.54) is 0 Å². The van der Waals surface area contributed by atoms with E-state index in [0.717, 1.165) is 16.9 Å². The molecule has 24 heavy (non-hydrogen) atoms. The molecule has 7 heteroatoms. The fraction of sp³-hybridized carbons (Fsp3) is 0.294. The number of ether oxygens (including phenoxy) is 1. The summed E-state index contributed by atoms with van der Waals surface area (Å²) in [5.74, 6) is -1.31. The summed E-state index contributed by atoms with van der Waals surface area (Å²) in [6, 6.07) is 9.50. The third-order valence-electron chi connectivity index (χ3n) is 4.92. The summed E-state index contributed by atoms with van der Waals surface area (Å²) in [7, 11) is 1.69. The number of rotatable bonds is 1. The number of para-hydroxylation sites is 1. The highest BCUT2D eigenvalue weighted by Gasteiger charge is 2.63. The topological polar surface area (TPSA) is 106 Å². The number of nitrogens with zero attached hydrogens (tertiary/aromatic N) is 3. The second kappa shape index (κ2) is 4.68. The van der Waals surface area contributed by atoms with Crippen molar-refractivity contribution < 1.29 is 9.53 Å². The summed E-state index contributed by atoms with van der Waals surface area (Å²) in [4.78, 5) is 14.9. The van der Waals surface area contributed by atoms with E-state index in [2.05, 4.69) is 16.3 Å². The highest BCUT2D eigenvalue weighted by molar-refractivity contribution is 6.14. The fourth-order valence-electron chi connectivity index (χ4n) is 3.86. The number of aromatic amines is 1. The Morgan fingerprint density at radius 2 is 2.25 bits per heavy atom. The number of hydrogen-bond acceptors (Lipinski definition) is 5. The van der Waals surface area contributed by atoms with Crippen LogP contribution < -0.4 is 9.64 Å². The first-order valence-corrected chi connectivity index (χ1v) is 7.68. The van der Waals surface area contributed by atoms with E-state index in [9.17, 15) is 10.1 Å². The Morgan fingerprint density at radius 1 is 1.50 bits per heavy atom. The summed E-state index contributed by atoms with van der Waals surface area (Å²) >= 11 is 0. The fourth-order valence-corrected chi connectivity index (χ4v) is 3.86. The molecule has 1 aromatic heterocycles. The van der Waals surface area contributed by atoms with Crippen molar-refractivity contribution in [3.8, 4) is 11.9 Å². The van der Waals surface area contributed by atoms with Gasteiger partial charge in [0.15, 0.2) is 0 Å². The van der Waals surface area contributed by atoms with E-state index in [4.69, 9.17) is 10.1 Å². The van der Waals surface area contributed by atoms with Crippen molar-refractivity contribution in [1.82, 2.24) is 10.2 Å². The van der Waals surface area contributed by atoms with Crippen LogP contribution >= 0.6 is 0 Å². The summed E-state index contributed by atoms with van der Waals surface area (Å²) in [5.41, 5.74) is 1.50. The zero-order chi connectivity index (χ0) is 17.1. The maximum absolute atomic E-state index is 13.4. The van der Waals surface area contributed by atoms with E-state index in [0.29, 0.717) is 12.0 Å². The van der Waals surface area contributed by atoms with E-state index in [-0.39, 0.29) is 17.7 Å². The summed E-state index contributed by atoms with van der Waals surface area (Å²) < 4.78 is 5.45. The molecule has 0 fully saturated rings. The first-order chi connectivity index (χ1) is 11.6. The maximum atomic E-state index is 13.4. The van der Waals surface area contributed by atoms with Crippen molar-refractivity contribution in [3.63, 3.8) is 0 Å². The van der Waals surface area contributed by atoms with E-state index in [1.54, 1.807) is 11.9 Å². The number of aromatic nitrogens is 2. The third kappa shape index (κ3) is 1.43. The number of anilines is 1. The summed E-state index contributed by atoms with van der Waals surface area (Å²) in [5, 5.41) is 25.0. The maximum Gasteiger partial charge on any atom is 0.244 e. The number of aryl methyl sites for hydroxylation is 1. The van der Waals surface area contributed by atoms with Gasteiger partial charge in [-0.1, -0.05) is 25.1 Å². The minimum atomic E-state index is -1.29. The highest BCUT2D eigenvalue weighted by Crippen LogP contribution is 2.55. The molecule has 2 aliphatic heterocycles. The Morgan fingerprint density at radius 3 is 2.96 bits per heavy atom. The standard InChI is InChI=1S/C17H15N5O2/c1-3-11-13-15(21-20-11)24-14(19)10(8-18)17(13)9-6-4-5-7-12(9)22(2)16(17)23/h4-7,10,19H,3H2,1-2H3,(H,20,21). The molecule has 0 bridgehead atoms. The molecular weight excluding hydrogens is 306 g/mol. The number of H-pyrrole nitrogens is 1. The molecule has 0 radical (unpaired) electrons. The van der Waals surface area contributed by atoms with Crippen molar-refractivity contribution in [1.29, 1.82) is 10.7 Å². The largest absolute Gasteiger partial charge is 0.422 e. The van der Waals surface area contributed by atoms with Crippen molar-refractivity contribution >= 4 is 17.5 Å². The minimum Gasteiger partial charge on any atom is -0.422 e. The monoisotopic (exact) mass is 321 g/mol. The van der Waals surface area contributed by atoms with Gasteiger partial charge in [0.25, 0.3) is 0 Å². The van der Waals surface area contributed by atoms with Gasteiger partial charge >= 0.3 is 0 Å². The van der Waals surface area contributed by atoms with E-state index in [1.807, 2.05) is 31.2 Å². The Balaban J connectivity index is 2.16. The Labute approximate surface area is 138 Å². The van der Waals surface area contributed by atoms with Crippen LogP contribution in [-0.2, 0) is 16.6 Å². The van der Waals surface area contributed by atoms with Gasteiger partial charge in [-0.2, -0.15) is 5.26 Å². The summed E-state index contributed by atoms with van der Waals surface area (Å²) in [6.07, 6.45) is 0.609. The quantitative estimate of drug-likeness (QED) is 0.834. The molecule has 4 rings (SSSR count). The molecule has 0 saturated heterocycles. The molecule has 0 saturated carbocycles. The van der Waals surface area contributed by atoms with Crippen LogP contribution in [0.1, 0.15) is 23.7 Å². The average Bonchev–Trinajstić information content (AvgIpc) is 3.10. The molecule has 2 unspecified atom stereocenters. The number of fused-ring (bicyclic) bond motifs is 4. The lowest BCUT2D eigenvalue weighted by atomic mass is 9.65. The normalized spacial score (nSPS) is 24.5. The lowest BCUT2D eigenvalue weighted by molar-refractivity contribution is -0.122. The number of benzene rings is 1. The predicted molar refractivity (Wildman–Crippen MR) is 86.1 cm³/mol. The van der Waals surface area contributed by atoms with Gasteiger partial charge in [0.1, 0.15) is 11.3 Å². The predicted octanol–water partition coefficient (Wildman–Crippen LogP) is 1.74. The van der Waals surface area contributed by atoms with Crippen molar-refractivity contribution in [3.05, 3.63) is 41.1 Å². The molecule has 2 aliphatic rings. The number of likely N-dealkylation sites (N-methyl/N-ethyl adjacent to an activating group) is 1. The van der Waals surface area contributed by atoms with Crippen LogP contribution in [0.15, 0.2) is 24.3 Å². The second-order valence-electron chi connectivity index (χ2n) is 5.95. The molecule has 2 atom stereocenters. The average molecular weight is 321 g/mol. The van der Waals surface area contributed by atoms with Gasteiger partial charge in [0.2, 0.25) is 17.7 Å². The van der Waals surface area contributed by atoms with Gasteiger partial charge in [-0.15, -0.1) is 5.10 Å². The van der Waals surface area contributed by atoms with Crippen LogP contribution in [0.25, 0.3) is 0 Å². The van der Waals surface area contributed by atoms with Crippen molar-refractivity contribution in [2.45, 2.75) is 18.8 Å². The SMILES string of the molecule is CCc1[nH]nc2c1C1(C(=O)N(C)c3ccccc31)C(C#N)C(=N)O2. The molecule has 0 aliphatic carbocycles. The lowest BCUT2D eigenvalue weighted by Crippen LogP contribution is -2.51. The van der Waals surface area contributed by atoms with E-state index < -0.39 is 11.3 Å². The number of carbonyl (C=O) groups is 1. The first-order valence-electron chi connectivity index (χ1n) is 7.68. The van der Waals surface area contributed by atoms with Crippen LogP contribution in [0, 0.1) is 22.7 Å². The van der Waals surface area contributed by atoms with E-state index >= 15 is 0 Å². The number of carbonyl (C=O) groups excluding carboxylic acids is 1. The molecule has 2 N–H and O–H groups in total. The molecule has 2 aromatic rings. The first kappa shape index (κ1) is 14.5. The number of nitriles is 1. The van der Waals surface area contributed by atoms with Gasteiger partial charge in [0, 0.05) is 18.4 Å². The van der Waals surface area contributed by atoms with Gasteiger partial charge < -0.3 is 9.64 Å². The van der Waals surface area contributed by atoms with Crippen LogP contribution in [0.2, 0.25) is 0 Å². The van der Waals surface area contributed by atoms with Crippen LogP contribution in [-0.4, -0.2) is 29.0 Å². The Bertz CT molecular complexity index is 925. The Hall–Kier alpha value is -3.14. The number of hydrogen-bond donors (Lipinski definition) is 2. The molecule has 7 nitrogen and oxygen atoms in total. The van der Waals surface area contributed by atoms with Crippen LogP contribution in [0.4, 0.5) is 5.69 Å². The third-order valence-corrected chi connectivity index (χ3v) is 4.92. The zero-order valence-electron chi connectivity index (χ0n) is 13.3. The van der Waals surface area contributed by atoms with Crippen LogP contribution in [0.5, 0.6) is 5.88 Å². The smallest absolute Gasteiger partial charge is 0.244 e. The molecule has 1 spiro atoms. The number of amides is 1.